The Kier molecular flexibility index (Phi) is 6.34. The first kappa shape index (κ1) is 21.6. The van der Waals surface area contributed by atoms with E-state index in [2.05, 4.69) is 15.7 Å². The van der Waals surface area contributed by atoms with Crippen LogP contribution >= 0.6 is 0 Å². The molecule has 2 amide bonds. The number of nitro groups is 1. The summed E-state index contributed by atoms with van der Waals surface area (Å²) in [4.78, 5) is 35.2. The fraction of sp³-hybridized carbons (Fsp3) is 0.250. The minimum Gasteiger partial charge on any atom is -0.479 e. The second-order valence-electron chi connectivity index (χ2n) is 6.56. The van der Waals surface area contributed by atoms with Crippen LogP contribution in [0.15, 0.2) is 40.9 Å². The average molecular weight is 427 g/mol. The largest absolute Gasteiger partial charge is 0.479 e. The van der Waals surface area contributed by atoms with E-state index in [1.165, 1.54) is 36.0 Å². The highest BCUT2D eigenvalue weighted by Gasteiger charge is 2.20. The highest BCUT2D eigenvalue weighted by molar-refractivity contribution is 6.06. The van der Waals surface area contributed by atoms with Crippen molar-refractivity contribution in [3.05, 3.63) is 69.4 Å². The van der Waals surface area contributed by atoms with Crippen LogP contribution in [-0.4, -0.2) is 33.6 Å². The summed E-state index contributed by atoms with van der Waals surface area (Å²) in [5.41, 5.74) is 0.910. The van der Waals surface area contributed by atoms with Gasteiger partial charge in [0.1, 0.15) is 12.4 Å². The molecule has 3 rings (SSSR count). The number of carbonyl (C=O) groups is 2. The van der Waals surface area contributed by atoms with Crippen LogP contribution in [-0.2, 0) is 13.2 Å². The Morgan fingerprint density at radius 1 is 1.26 bits per heavy atom. The number of nitrogens with zero attached hydrogens (tertiary/aromatic N) is 3. The van der Waals surface area contributed by atoms with Crippen molar-refractivity contribution in [1.82, 2.24) is 15.1 Å². The van der Waals surface area contributed by atoms with Gasteiger partial charge in [0.15, 0.2) is 17.2 Å². The van der Waals surface area contributed by atoms with E-state index in [4.69, 9.17) is 9.15 Å². The van der Waals surface area contributed by atoms with Gasteiger partial charge in [-0.3, -0.25) is 24.4 Å². The average Bonchev–Trinajstić information content (AvgIpc) is 3.39. The minimum atomic E-state index is -0.576. The molecule has 0 saturated heterocycles. The lowest BCUT2D eigenvalue weighted by Crippen LogP contribution is -2.21. The molecule has 0 unspecified atom stereocenters. The molecule has 0 saturated carbocycles. The zero-order valence-corrected chi connectivity index (χ0v) is 17.2. The SMILES string of the molecule is CCn1cc(NC(=O)c2ccc(COc3ccc(C)cc3[N+](=O)[O-])o2)c(C(=O)NC)n1. The number of hydrogen-bond donors (Lipinski definition) is 2. The number of carbonyl (C=O) groups excluding carboxylic acids is 2. The number of amides is 2. The lowest BCUT2D eigenvalue weighted by atomic mass is 10.2. The smallest absolute Gasteiger partial charge is 0.311 e. The lowest BCUT2D eigenvalue weighted by Gasteiger charge is -2.06. The van der Waals surface area contributed by atoms with Crippen LogP contribution < -0.4 is 15.4 Å². The van der Waals surface area contributed by atoms with Gasteiger partial charge in [-0.1, -0.05) is 6.07 Å². The van der Waals surface area contributed by atoms with Crippen LogP contribution in [0.25, 0.3) is 0 Å². The maximum Gasteiger partial charge on any atom is 0.311 e. The molecule has 0 fully saturated rings. The summed E-state index contributed by atoms with van der Waals surface area (Å²) in [6.07, 6.45) is 1.55. The number of aryl methyl sites for hydroxylation is 2. The molecule has 11 heteroatoms. The molecule has 0 aliphatic heterocycles. The highest BCUT2D eigenvalue weighted by atomic mass is 16.6. The van der Waals surface area contributed by atoms with Gasteiger partial charge in [0.05, 0.1) is 10.6 Å². The number of hydrogen-bond acceptors (Lipinski definition) is 7. The predicted octanol–water partition coefficient (Wildman–Crippen LogP) is 2.90. The van der Waals surface area contributed by atoms with Gasteiger partial charge in [0.2, 0.25) is 0 Å². The van der Waals surface area contributed by atoms with Gasteiger partial charge < -0.3 is 19.8 Å². The van der Waals surface area contributed by atoms with E-state index >= 15 is 0 Å². The molecule has 31 heavy (non-hydrogen) atoms. The Morgan fingerprint density at radius 3 is 2.71 bits per heavy atom. The maximum atomic E-state index is 12.5. The molecule has 11 nitrogen and oxygen atoms in total. The minimum absolute atomic E-state index is 0.0101. The molecular weight excluding hydrogens is 406 g/mol. The normalized spacial score (nSPS) is 10.5. The summed E-state index contributed by atoms with van der Waals surface area (Å²) in [5, 5.41) is 20.4. The first-order valence-electron chi connectivity index (χ1n) is 9.39. The van der Waals surface area contributed by atoms with Crippen molar-refractivity contribution < 1.29 is 23.7 Å². The number of rotatable bonds is 8. The van der Waals surface area contributed by atoms with E-state index in [9.17, 15) is 19.7 Å². The Bertz CT molecular complexity index is 1130. The van der Waals surface area contributed by atoms with Crippen molar-refractivity contribution in [2.24, 2.45) is 0 Å². The molecule has 2 aromatic heterocycles. The summed E-state index contributed by atoms with van der Waals surface area (Å²) < 4.78 is 12.5. The molecule has 0 aliphatic carbocycles. The molecule has 2 heterocycles. The highest BCUT2D eigenvalue weighted by Crippen LogP contribution is 2.28. The fourth-order valence-corrected chi connectivity index (χ4v) is 2.76. The third-order valence-electron chi connectivity index (χ3n) is 4.34. The van der Waals surface area contributed by atoms with Crippen molar-refractivity contribution in [3.8, 4) is 5.75 Å². The third kappa shape index (κ3) is 4.89. The summed E-state index contributed by atoms with van der Waals surface area (Å²) >= 11 is 0. The van der Waals surface area contributed by atoms with E-state index in [0.717, 1.165) is 5.56 Å². The van der Waals surface area contributed by atoms with E-state index in [1.807, 2.05) is 6.92 Å². The first-order valence-corrected chi connectivity index (χ1v) is 9.39. The van der Waals surface area contributed by atoms with Crippen molar-refractivity contribution in [1.29, 1.82) is 0 Å². The van der Waals surface area contributed by atoms with Crippen molar-refractivity contribution in [3.63, 3.8) is 0 Å². The Balaban J connectivity index is 1.70. The Hall–Kier alpha value is -4.15. The van der Waals surface area contributed by atoms with Crippen molar-refractivity contribution in [2.45, 2.75) is 27.0 Å². The van der Waals surface area contributed by atoms with Crippen LogP contribution in [0, 0.1) is 17.0 Å². The summed E-state index contributed by atoms with van der Waals surface area (Å²) in [6, 6.07) is 7.60. The Morgan fingerprint density at radius 2 is 2.03 bits per heavy atom. The summed E-state index contributed by atoms with van der Waals surface area (Å²) in [7, 11) is 1.47. The van der Waals surface area contributed by atoms with Crippen LogP contribution in [0.2, 0.25) is 0 Å². The van der Waals surface area contributed by atoms with E-state index in [1.54, 1.807) is 19.2 Å². The van der Waals surface area contributed by atoms with Gasteiger partial charge in [0, 0.05) is 25.9 Å². The quantitative estimate of drug-likeness (QED) is 0.416. The first-order chi connectivity index (χ1) is 14.8. The van der Waals surface area contributed by atoms with Gasteiger partial charge >= 0.3 is 5.69 Å². The van der Waals surface area contributed by atoms with Gasteiger partial charge in [-0.2, -0.15) is 5.10 Å². The number of furan rings is 1. The summed E-state index contributed by atoms with van der Waals surface area (Å²) in [6.45, 7) is 4.01. The maximum absolute atomic E-state index is 12.5. The number of aromatic nitrogens is 2. The lowest BCUT2D eigenvalue weighted by molar-refractivity contribution is -0.386. The zero-order chi connectivity index (χ0) is 22.5. The second kappa shape index (κ2) is 9.11. The molecule has 2 N–H and O–H groups in total. The van der Waals surface area contributed by atoms with Crippen LogP contribution in [0.1, 0.15) is 39.3 Å². The molecule has 1 aromatic carbocycles. The number of nitrogens with one attached hydrogen (secondary N) is 2. The van der Waals surface area contributed by atoms with Gasteiger partial charge in [0.25, 0.3) is 11.8 Å². The van der Waals surface area contributed by atoms with Gasteiger partial charge in [-0.15, -0.1) is 0 Å². The van der Waals surface area contributed by atoms with Gasteiger partial charge in [-0.05, 0) is 37.6 Å². The number of benzene rings is 1. The monoisotopic (exact) mass is 427 g/mol. The zero-order valence-electron chi connectivity index (χ0n) is 17.2. The number of anilines is 1. The van der Waals surface area contributed by atoms with Crippen molar-refractivity contribution in [2.75, 3.05) is 12.4 Å². The number of ether oxygens (including phenoxy) is 1. The molecule has 0 radical (unpaired) electrons. The molecule has 0 bridgehead atoms. The molecular formula is C20H21N5O6. The third-order valence-corrected chi connectivity index (χ3v) is 4.34. The van der Waals surface area contributed by atoms with Crippen LogP contribution in [0.5, 0.6) is 5.75 Å². The molecule has 0 atom stereocenters. The van der Waals surface area contributed by atoms with E-state index < -0.39 is 16.7 Å². The van der Waals surface area contributed by atoms with Gasteiger partial charge in [-0.25, -0.2) is 0 Å². The van der Waals surface area contributed by atoms with Crippen molar-refractivity contribution >= 4 is 23.2 Å². The standard InChI is InChI=1S/C20H21N5O6/c1-4-24-10-14(18(23-24)20(27)21-3)22-19(26)17-8-6-13(31-17)11-30-16-7-5-12(2)9-15(16)25(28)29/h5-10H,4,11H2,1-3H3,(H,21,27)(H,22,26). The van der Waals surface area contributed by atoms with E-state index in [-0.39, 0.29) is 35.2 Å². The molecule has 162 valence electrons. The number of nitro benzene ring substituents is 1. The second-order valence-corrected chi connectivity index (χ2v) is 6.56. The summed E-state index contributed by atoms with van der Waals surface area (Å²) in [5.74, 6) is -0.621. The fourth-order valence-electron chi connectivity index (χ4n) is 2.76. The van der Waals surface area contributed by atoms with E-state index in [0.29, 0.717) is 12.3 Å². The molecule has 3 aromatic rings. The topological polar surface area (TPSA) is 142 Å². The van der Waals surface area contributed by atoms with Crippen LogP contribution in [0.4, 0.5) is 11.4 Å². The molecule has 0 spiro atoms. The Labute approximate surface area is 177 Å². The van der Waals surface area contributed by atoms with Crippen LogP contribution in [0.3, 0.4) is 0 Å². The molecule has 0 aliphatic rings. The predicted molar refractivity (Wildman–Crippen MR) is 110 cm³/mol.